The first-order valence-electron chi connectivity index (χ1n) is 5.60. The van der Waals surface area contributed by atoms with Crippen molar-refractivity contribution in [3.63, 3.8) is 0 Å². The molecule has 0 aromatic rings. The predicted molar refractivity (Wildman–Crippen MR) is 61.8 cm³/mol. The Bertz CT molecular complexity index is 242. The van der Waals surface area contributed by atoms with Gasteiger partial charge in [-0.25, -0.2) is 4.79 Å². The molecule has 0 radical (unpaired) electrons. The molecule has 0 heterocycles. The van der Waals surface area contributed by atoms with E-state index in [1.807, 2.05) is 13.8 Å². The fraction of sp³-hybridized carbons (Fsp3) is 0.818. The molecular weight excluding hydrogens is 226 g/mol. The summed E-state index contributed by atoms with van der Waals surface area (Å²) in [5, 5.41) is 11.3. The number of hydrogen-bond acceptors (Lipinski definition) is 4. The van der Waals surface area contributed by atoms with Crippen molar-refractivity contribution in [2.75, 3.05) is 20.3 Å². The third-order valence-corrected chi connectivity index (χ3v) is 2.02. The molecule has 1 atom stereocenters. The van der Waals surface area contributed by atoms with Gasteiger partial charge in [0.1, 0.15) is 6.04 Å². The highest BCUT2D eigenvalue weighted by Gasteiger charge is 2.19. The molecule has 0 spiro atoms. The molecule has 17 heavy (non-hydrogen) atoms. The van der Waals surface area contributed by atoms with E-state index < -0.39 is 12.0 Å². The van der Waals surface area contributed by atoms with Crippen molar-refractivity contribution in [2.45, 2.75) is 38.8 Å². The van der Waals surface area contributed by atoms with E-state index in [2.05, 4.69) is 5.32 Å². The number of methoxy groups -OCH3 is 1. The second kappa shape index (κ2) is 8.95. The summed E-state index contributed by atoms with van der Waals surface area (Å²) in [7, 11) is 1.48. The fourth-order valence-electron chi connectivity index (χ4n) is 1.15. The summed E-state index contributed by atoms with van der Waals surface area (Å²) in [6, 6.07) is -0.901. The van der Waals surface area contributed by atoms with Gasteiger partial charge in [0.2, 0.25) is 5.91 Å². The Labute approximate surface area is 101 Å². The predicted octanol–water partition coefficient (Wildman–Crippen LogP) is 0.407. The van der Waals surface area contributed by atoms with E-state index in [0.29, 0.717) is 13.2 Å². The van der Waals surface area contributed by atoms with Gasteiger partial charge in [0.15, 0.2) is 0 Å². The minimum absolute atomic E-state index is 0.0616. The highest BCUT2D eigenvalue weighted by atomic mass is 16.5. The van der Waals surface area contributed by atoms with Gasteiger partial charge >= 0.3 is 5.97 Å². The lowest BCUT2D eigenvalue weighted by atomic mass is 10.2. The first-order chi connectivity index (χ1) is 7.97. The van der Waals surface area contributed by atoms with Crippen LogP contribution >= 0.6 is 0 Å². The van der Waals surface area contributed by atoms with Crippen LogP contribution in [-0.2, 0) is 19.1 Å². The number of nitrogens with one attached hydrogen (secondary N) is 1. The summed E-state index contributed by atoms with van der Waals surface area (Å²) < 4.78 is 9.98. The van der Waals surface area contributed by atoms with Crippen LogP contribution in [0.25, 0.3) is 0 Å². The van der Waals surface area contributed by atoms with Crippen LogP contribution in [0.15, 0.2) is 0 Å². The van der Waals surface area contributed by atoms with Crippen molar-refractivity contribution < 1.29 is 24.2 Å². The number of carboxylic acid groups (broad SMARTS) is 1. The lowest BCUT2D eigenvalue weighted by molar-refractivity contribution is -0.142. The molecule has 6 nitrogen and oxygen atoms in total. The fourth-order valence-corrected chi connectivity index (χ4v) is 1.15. The van der Waals surface area contributed by atoms with Gasteiger partial charge < -0.3 is 19.9 Å². The Balaban J connectivity index is 3.91. The average molecular weight is 247 g/mol. The molecule has 0 aliphatic carbocycles. The zero-order valence-corrected chi connectivity index (χ0v) is 10.6. The largest absolute Gasteiger partial charge is 0.480 e. The molecule has 0 bridgehead atoms. The molecule has 1 unspecified atom stereocenters. The molecule has 0 rings (SSSR count). The normalized spacial score (nSPS) is 12.5. The van der Waals surface area contributed by atoms with Gasteiger partial charge in [-0.1, -0.05) is 0 Å². The summed E-state index contributed by atoms with van der Waals surface area (Å²) in [4.78, 5) is 22.2. The Morgan fingerprint density at radius 3 is 2.41 bits per heavy atom. The van der Waals surface area contributed by atoms with Gasteiger partial charge in [-0.15, -0.1) is 0 Å². The molecule has 1 amide bonds. The van der Waals surface area contributed by atoms with Gasteiger partial charge in [0.05, 0.1) is 12.7 Å². The third kappa shape index (κ3) is 8.65. The molecule has 0 saturated heterocycles. The standard InChI is InChI=1S/C11H21NO5/c1-8(2)17-7-5-10(13)12-9(11(14)15)4-6-16-3/h8-9H,4-7H2,1-3H3,(H,12,13)(H,14,15). The van der Waals surface area contributed by atoms with Crippen LogP contribution in [0.1, 0.15) is 26.7 Å². The Hall–Kier alpha value is -1.14. The van der Waals surface area contributed by atoms with Crippen LogP contribution in [0.5, 0.6) is 0 Å². The number of rotatable bonds is 9. The second-order valence-electron chi connectivity index (χ2n) is 3.91. The molecule has 0 aliphatic heterocycles. The number of carboxylic acids is 1. The monoisotopic (exact) mass is 247 g/mol. The van der Waals surface area contributed by atoms with E-state index in [1.54, 1.807) is 0 Å². The SMILES string of the molecule is COCCC(NC(=O)CCOC(C)C)C(=O)O. The Morgan fingerprint density at radius 2 is 1.94 bits per heavy atom. The Morgan fingerprint density at radius 1 is 1.29 bits per heavy atom. The summed E-state index contributed by atoms with van der Waals surface area (Å²) in [6.07, 6.45) is 0.476. The van der Waals surface area contributed by atoms with Gasteiger partial charge in [-0.2, -0.15) is 0 Å². The Kier molecular flexibility index (Phi) is 8.35. The van der Waals surface area contributed by atoms with E-state index >= 15 is 0 Å². The van der Waals surface area contributed by atoms with Crippen LogP contribution in [-0.4, -0.2) is 49.5 Å². The van der Waals surface area contributed by atoms with Crippen molar-refractivity contribution >= 4 is 11.9 Å². The van der Waals surface area contributed by atoms with Crippen LogP contribution in [0.3, 0.4) is 0 Å². The maximum atomic E-state index is 11.4. The highest BCUT2D eigenvalue weighted by Crippen LogP contribution is 1.96. The number of aliphatic carboxylic acids is 1. The van der Waals surface area contributed by atoms with Crippen molar-refractivity contribution in [1.82, 2.24) is 5.32 Å². The van der Waals surface area contributed by atoms with Crippen LogP contribution < -0.4 is 5.32 Å². The van der Waals surface area contributed by atoms with Gasteiger partial charge in [-0.3, -0.25) is 4.79 Å². The number of carbonyl (C=O) groups excluding carboxylic acids is 1. The van der Waals surface area contributed by atoms with E-state index in [0.717, 1.165) is 0 Å². The zero-order chi connectivity index (χ0) is 13.3. The minimum Gasteiger partial charge on any atom is -0.480 e. The topological polar surface area (TPSA) is 84.9 Å². The van der Waals surface area contributed by atoms with Crippen LogP contribution in [0.2, 0.25) is 0 Å². The first kappa shape index (κ1) is 15.9. The van der Waals surface area contributed by atoms with Gasteiger partial charge in [0, 0.05) is 26.6 Å². The van der Waals surface area contributed by atoms with Gasteiger partial charge in [-0.05, 0) is 13.8 Å². The second-order valence-corrected chi connectivity index (χ2v) is 3.91. The lowest BCUT2D eigenvalue weighted by Crippen LogP contribution is -2.41. The molecule has 0 fully saturated rings. The summed E-state index contributed by atoms with van der Waals surface area (Å²) in [5.74, 6) is -1.38. The van der Waals surface area contributed by atoms with Crippen LogP contribution in [0, 0.1) is 0 Å². The molecule has 2 N–H and O–H groups in total. The van der Waals surface area contributed by atoms with Crippen LogP contribution in [0.4, 0.5) is 0 Å². The lowest BCUT2D eigenvalue weighted by Gasteiger charge is -2.14. The third-order valence-electron chi connectivity index (χ3n) is 2.02. The summed E-state index contributed by atoms with van der Waals surface area (Å²) in [5.41, 5.74) is 0. The van der Waals surface area contributed by atoms with Crippen molar-refractivity contribution in [2.24, 2.45) is 0 Å². The molecule has 0 aliphatic rings. The van der Waals surface area contributed by atoms with E-state index in [-0.39, 0.29) is 24.9 Å². The molecule has 0 saturated carbocycles. The number of amides is 1. The first-order valence-corrected chi connectivity index (χ1v) is 5.60. The average Bonchev–Trinajstić information content (AvgIpc) is 2.23. The number of carbonyl (C=O) groups is 2. The van der Waals surface area contributed by atoms with E-state index in [9.17, 15) is 9.59 Å². The minimum atomic E-state index is -1.06. The molecule has 0 aromatic heterocycles. The maximum Gasteiger partial charge on any atom is 0.326 e. The quantitative estimate of drug-likeness (QED) is 0.616. The van der Waals surface area contributed by atoms with Crippen molar-refractivity contribution in [3.8, 4) is 0 Å². The maximum absolute atomic E-state index is 11.4. The molecule has 100 valence electrons. The molecule has 6 heteroatoms. The van der Waals surface area contributed by atoms with Crippen molar-refractivity contribution in [3.05, 3.63) is 0 Å². The zero-order valence-electron chi connectivity index (χ0n) is 10.6. The van der Waals surface area contributed by atoms with Crippen molar-refractivity contribution in [1.29, 1.82) is 0 Å². The van der Waals surface area contributed by atoms with E-state index in [4.69, 9.17) is 14.6 Å². The number of hydrogen-bond donors (Lipinski definition) is 2. The number of ether oxygens (including phenoxy) is 2. The van der Waals surface area contributed by atoms with E-state index in [1.165, 1.54) is 7.11 Å². The molecular formula is C11H21NO5. The highest BCUT2D eigenvalue weighted by molar-refractivity contribution is 5.83. The molecule has 0 aromatic carbocycles. The summed E-state index contributed by atoms with van der Waals surface area (Å²) >= 11 is 0. The van der Waals surface area contributed by atoms with Gasteiger partial charge in [0.25, 0.3) is 0 Å². The smallest absolute Gasteiger partial charge is 0.326 e. The summed E-state index contributed by atoms with van der Waals surface area (Å²) in [6.45, 7) is 4.33.